The summed E-state index contributed by atoms with van der Waals surface area (Å²) in [6.45, 7) is 2.72. The zero-order valence-electron chi connectivity index (χ0n) is 21.0. The molecule has 0 amide bonds. The molecule has 7 heteroatoms. The molecule has 0 aliphatic carbocycles. The van der Waals surface area contributed by atoms with Gasteiger partial charge in [-0.05, 0) is 35.1 Å². The number of benzene rings is 3. The molecule has 0 spiro atoms. The Morgan fingerprint density at radius 3 is 1.86 bits per heavy atom. The first kappa shape index (κ1) is 27.4. The highest BCUT2D eigenvalue weighted by molar-refractivity contribution is 6.08. The van der Waals surface area contributed by atoms with Crippen LogP contribution in [0.2, 0.25) is 0 Å². The summed E-state index contributed by atoms with van der Waals surface area (Å²) in [6, 6.07) is 12.2. The second-order valence-corrected chi connectivity index (χ2v) is 9.51. The lowest BCUT2D eigenvalue weighted by Gasteiger charge is -2.30. The molecule has 2 radical (unpaired) electrons. The fraction of sp³-hybridized carbons (Fsp3) is 0.400. The number of ether oxygens (including phenoxy) is 2. The van der Waals surface area contributed by atoms with Gasteiger partial charge in [0.05, 0.1) is 21.1 Å². The number of hydrogen-bond acceptors (Lipinski definition) is 2. The highest BCUT2D eigenvalue weighted by Crippen LogP contribution is 2.34. The third-order valence-electron chi connectivity index (χ3n) is 6.95. The van der Waals surface area contributed by atoms with Gasteiger partial charge in [-0.3, -0.25) is 0 Å². The van der Waals surface area contributed by atoms with Crippen molar-refractivity contribution in [1.29, 1.82) is 0 Å². The first-order valence-electron chi connectivity index (χ1n) is 12.9. The zero-order valence-corrected chi connectivity index (χ0v) is 21.0. The van der Waals surface area contributed by atoms with Gasteiger partial charge in [0.1, 0.15) is 0 Å². The van der Waals surface area contributed by atoms with Crippen LogP contribution in [0.25, 0.3) is 22.3 Å². The molecule has 1 heterocycles. The van der Waals surface area contributed by atoms with E-state index < -0.39 is 29.2 Å². The van der Waals surface area contributed by atoms with Crippen LogP contribution in [0.3, 0.4) is 0 Å². The van der Waals surface area contributed by atoms with Gasteiger partial charge in [0.25, 0.3) is 0 Å². The van der Waals surface area contributed by atoms with Crippen molar-refractivity contribution in [3.63, 3.8) is 0 Å². The lowest BCUT2D eigenvalue weighted by Crippen LogP contribution is -2.31. The molecule has 1 saturated heterocycles. The van der Waals surface area contributed by atoms with Crippen LogP contribution >= 0.6 is 0 Å². The van der Waals surface area contributed by atoms with Gasteiger partial charge in [-0.25, -0.2) is 17.6 Å². The Balaban J connectivity index is 1.43. The van der Waals surface area contributed by atoms with Crippen LogP contribution in [0, 0.1) is 23.3 Å². The van der Waals surface area contributed by atoms with Crippen molar-refractivity contribution >= 4 is 7.85 Å². The van der Waals surface area contributed by atoms with Gasteiger partial charge in [0.2, 0.25) is 0 Å². The normalized spacial score (nSPS) is 17.8. The van der Waals surface area contributed by atoms with Crippen molar-refractivity contribution in [3.05, 3.63) is 82.9 Å². The number of rotatable bonds is 10. The van der Waals surface area contributed by atoms with E-state index in [1.54, 1.807) is 30.3 Å². The predicted molar refractivity (Wildman–Crippen MR) is 138 cm³/mol. The summed E-state index contributed by atoms with van der Waals surface area (Å²) >= 11 is 0. The van der Waals surface area contributed by atoms with Gasteiger partial charge in [-0.2, -0.15) is 0 Å². The Kier molecular flexibility index (Phi) is 9.44. The molecule has 4 rings (SSSR count). The number of unbranched alkanes of at least 4 members (excludes halogenated alkanes) is 4. The predicted octanol–water partition coefficient (Wildman–Crippen LogP) is 8.06. The van der Waals surface area contributed by atoms with Crippen LogP contribution in [0.5, 0.6) is 0 Å². The standard InChI is InChI=1S/C30H31BF4O2/c1-2-3-4-5-6-7-26-36-17-22(18-37-26)25-15-14-24(29(34)30(25)35)20-10-8-19(9-11-20)23-13-12-21(16-31)27(32)28(23)33/h8-15,22,26H,2-7,16-18H2,1H3. The van der Waals surface area contributed by atoms with E-state index >= 15 is 8.78 Å². The molecule has 194 valence electrons. The second-order valence-electron chi connectivity index (χ2n) is 9.51. The molecular formula is C30H31BF4O2. The topological polar surface area (TPSA) is 18.5 Å². The van der Waals surface area contributed by atoms with Gasteiger partial charge in [-0.15, -0.1) is 0 Å². The average Bonchev–Trinajstić information content (AvgIpc) is 2.92. The first-order valence-corrected chi connectivity index (χ1v) is 12.9. The van der Waals surface area contributed by atoms with Crippen molar-refractivity contribution in [1.82, 2.24) is 0 Å². The molecule has 1 aliphatic rings. The molecule has 0 N–H and O–H groups in total. The monoisotopic (exact) mass is 510 g/mol. The summed E-state index contributed by atoms with van der Waals surface area (Å²) < 4.78 is 70.3. The van der Waals surface area contributed by atoms with Crippen molar-refractivity contribution in [2.24, 2.45) is 0 Å². The molecule has 0 saturated carbocycles. The summed E-state index contributed by atoms with van der Waals surface area (Å²) in [5.41, 5.74) is 1.29. The number of hydrogen-bond donors (Lipinski definition) is 0. The summed E-state index contributed by atoms with van der Waals surface area (Å²) in [5, 5.41) is 0. The van der Waals surface area contributed by atoms with Gasteiger partial charge >= 0.3 is 0 Å². The maximum atomic E-state index is 15.1. The molecule has 1 fully saturated rings. The first-order chi connectivity index (χ1) is 17.9. The van der Waals surface area contributed by atoms with Crippen LogP contribution in [-0.2, 0) is 15.8 Å². The smallest absolute Gasteiger partial charge is 0.166 e. The van der Waals surface area contributed by atoms with E-state index in [0.717, 1.165) is 19.3 Å². The maximum absolute atomic E-state index is 15.1. The van der Waals surface area contributed by atoms with E-state index in [-0.39, 0.29) is 48.1 Å². The fourth-order valence-corrected chi connectivity index (χ4v) is 4.71. The van der Waals surface area contributed by atoms with Crippen molar-refractivity contribution < 1.29 is 27.0 Å². The third kappa shape index (κ3) is 6.27. The number of halogens is 4. The summed E-state index contributed by atoms with van der Waals surface area (Å²) in [5.74, 6) is -4.26. The van der Waals surface area contributed by atoms with Gasteiger partial charge in [0.15, 0.2) is 29.6 Å². The quantitative estimate of drug-likeness (QED) is 0.156. The highest BCUT2D eigenvalue weighted by atomic mass is 19.2. The minimum absolute atomic E-state index is 0.0693. The van der Waals surface area contributed by atoms with E-state index in [2.05, 4.69) is 6.92 Å². The molecule has 0 aromatic heterocycles. The van der Waals surface area contributed by atoms with Crippen LogP contribution in [0.4, 0.5) is 17.6 Å². The average molecular weight is 510 g/mol. The highest BCUT2D eigenvalue weighted by Gasteiger charge is 2.27. The lowest BCUT2D eigenvalue weighted by molar-refractivity contribution is -0.190. The third-order valence-corrected chi connectivity index (χ3v) is 6.95. The van der Waals surface area contributed by atoms with Crippen LogP contribution in [-0.4, -0.2) is 27.4 Å². The summed E-state index contributed by atoms with van der Waals surface area (Å²) in [4.78, 5) is 0. The van der Waals surface area contributed by atoms with E-state index in [1.165, 1.54) is 37.5 Å². The van der Waals surface area contributed by atoms with Gasteiger partial charge in [-0.1, -0.05) is 87.5 Å². The van der Waals surface area contributed by atoms with Crippen LogP contribution in [0.15, 0.2) is 48.5 Å². The molecule has 3 aromatic rings. The van der Waals surface area contributed by atoms with Crippen LogP contribution in [0.1, 0.15) is 62.5 Å². The van der Waals surface area contributed by atoms with Crippen molar-refractivity contribution in [2.45, 2.75) is 64.0 Å². The van der Waals surface area contributed by atoms with E-state index in [0.29, 0.717) is 11.1 Å². The molecule has 1 aliphatic heterocycles. The van der Waals surface area contributed by atoms with Gasteiger partial charge < -0.3 is 9.47 Å². The Labute approximate surface area is 217 Å². The Hall–Kier alpha value is -2.64. The molecule has 0 bridgehead atoms. The lowest BCUT2D eigenvalue weighted by atomic mass is 9.92. The zero-order chi connectivity index (χ0) is 26.4. The molecule has 0 atom stereocenters. The summed E-state index contributed by atoms with van der Waals surface area (Å²) in [7, 11) is 5.43. The molecule has 0 unspecified atom stereocenters. The SMILES string of the molecule is [B]Cc1ccc(-c2ccc(-c3ccc(C4COC(CCCCCCC)OC4)c(F)c3F)cc2)c(F)c1F. The molecular weight excluding hydrogens is 479 g/mol. The van der Waals surface area contributed by atoms with Crippen molar-refractivity contribution in [3.8, 4) is 22.3 Å². The molecule has 3 aromatic carbocycles. The fourth-order valence-electron chi connectivity index (χ4n) is 4.71. The summed E-state index contributed by atoms with van der Waals surface area (Å²) in [6.07, 6.45) is 6.16. The van der Waals surface area contributed by atoms with E-state index in [4.69, 9.17) is 17.3 Å². The minimum Gasteiger partial charge on any atom is -0.352 e. The second kappa shape index (κ2) is 12.7. The molecule has 37 heavy (non-hydrogen) atoms. The maximum Gasteiger partial charge on any atom is 0.166 e. The Morgan fingerprint density at radius 2 is 1.27 bits per heavy atom. The van der Waals surface area contributed by atoms with E-state index in [9.17, 15) is 8.78 Å². The minimum atomic E-state index is -0.993. The largest absolute Gasteiger partial charge is 0.352 e. The van der Waals surface area contributed by atoms with Crippen LogP contribution < -0.4 is 0 Å². The van der Waals surface area contributed by atoms with E-state index in [1.807, 2.05) is 0 Å². The Bertz CT molecular complexity index is 1190. The molecule has 2 nitrogen and oxygen atoms in total. The van der Waals surface area contributed by atoms with Crippen molar-refractivity contribution in [2.75, 3.05) is 13.2 Å². The van der Waals surface area contributed by atoms with Gasteiger partial charge in [0, 0.05) is 17.0 Å². The Morgan fingerprint density at radius 1 is 0.703 bits per heavy atom.